The van der Waals surface area contributed by atoms with Crippen molar-refractivity contribution in [2.45, 2.75) is 25.7 Å². The Morgan fingerprint density at radius 3 is 2.43 bits per heavy atom. The van der Waals surface area contributed by atoms with E-state index in [0.717, 1.165) is 6.42 Å². The van der Waals surface area contributed by atoms with Gasteiger partial charge in [0.1, 0.15) is 0 Å². The number of rotatable bonds is 6. The summed E-state index contributed by atoms with van der Waals surface area (Å²) in [6.45, 7) is 2.36. The van der Waals surface area contributed by atoms with Crippen LogP contribution in [0.5, 0.6) is 0 Å². The second kappa shape index (κ2) is 6.21. The summed E-state index contributed by atoms with van der Waals surface area (Å²) in [5, 5.41) is 0. The zero-order valence-corrected chi connectivity index (χ0v) is 8.47. The van der Waals surface area contributed by atoms with E-state index in [1.165, 1.54) is 0 Å². The Kier molecular flexibility index (Phi) is 6.06. The van der Waals surface area contributed by atoms with Crippen molar-refractivity contribution in [2.24, 2.45) is 5.73 Å². The molecule has 0 saturated heterocycles. The van der Waals surface area contributed by atoms with Gasteiger partial charge in [0.15, 0.2) is 0 Å². The third-order valence-corrected chi connectivity index (χ3v) is 2.05. The van der Waals surface area contributed by atoms with E-state index in [1.807, 2.05) is 6.92 Å². The molecule has 14 heavy (non-hydrogen) atoms. The molecular weight excluding hydrogens is 197 g/mol. The molecule has 1 atom stereocenters. The molecule has 0 rings (SSSR count). The summed E-state index contributed by atoms with van der Waals surface area (Å²) < 4.78 is 38.4. The van der Waals surface area contributed by atoms with Crippen LogP contribution in [0.1, 0.15) is 13.3 Å². The molecule has 0 aromatic carbocycles. The van der Waals surface area contributed by atoms with E-state index in [1.54, 1.807) is 11.9 Å². The standard InChI is InChI=1S/C8H17F3N2O/c1-7(3-4-12)13(2)5-6-14-8(9,10)11/h7H,3-6,12H2,1-2H3. The molecule has 1 unspecified atom stereocenters. The molecule has 2 N–H and O–H groups in total. The molecular formula is C8H17F3N2O. The van der Waals surface area contributed by atoms with E-state index >= 15 is 0 Å². The summed E-state index contributed by atoms with van der Waals surface area (Å²) in [6.07, 6.45) is -3.76. The van der Waals surface area contributed by atoms with E-state index in [2.05, 4.69) is 4.74 Å². The Hall–Kier alpha value is -0.330. The number of hydrogen-bond acceptors (Lipinski definition) is 3. The second-order valence-electron chi connectivity index (χ2n) is 3.20. The number of hydrogen-bond donors (Lipinski definition) is 1. The van der Waals surface area contributed by atoms with E-state index in [-0.39, 0.29) is 19.2 Å². The van der Waals surface area contributed by atoms with Crippen molar-refractivity contribution in [2.75, 3.05) is 26.7 Å². The first-order valence-corrected chi connectivity index (χ1v) is 4.48. The van der Waals surface area contributed by atoms with Crippen LogP contribution in [0, 0.1) is 0 Å². The minimum atomic E-state index is -4.53. The fourth-order valence-electron chi connectivity index (χ4n) is 0.987. The molecule has 6 heteroatoms. The first kappa shape index (κ1) is 13.7. The van der Waals surface area contributed by atoms with Gasteiger partial charge < -0.3 is 10.6 Å². The Balaban J connectivity index is 3.58. The predicted octanol–water partition coefficient (Wildman–Crippen LogP) is 1.19. The van der Waals surface area contributed by atoms with E-state index in [4.69, 9.17) is 5.73 Å². The minimum absolute atomic E-state index is 0.178. The average molecular weight is 214 g/mol. The van der Waals surface area contributed by atoms with Crippen molar-refractivity contribution >= 4 is 0 Å². The molecule has 86 valence electrons. The van der Waals surface area contributed by atoms with Gasteiger partial charge >= 0.3 is 6.36 Å². The summed E-state index contributed by atoms with van der Waals surface area (Å²) in [5.41, 5.74) is 5.33. The molecule has 0 aliphatic carbocycles. The molecule has 3 nitrogen and oxygen atoms in total. The molecule has 0 aliphatic rings. The van der Waals surface area contributed by atoms with Crippen LogP contribution >= 0.6 is 0 Å². The minimum Gasteiger partial charge on any atom is -0.330 e. The third kappa shape index (κ3) is 7.11. The molecule has 0 saturated carbocycles. The van der Waals surface area contributed by atoms with Gasteiger partial charge in [0.25, 0.3) is 0 Å². The van der Waals surface area contributed by atoms with Gasteiger partial charge in [-0.1, -0.05) is 0 Å². The highest BCUT2D eigenvalue weighted by molar-refractivity contribution is 4.63. The molecule has 0 bridgehead atoms. The summed E-state index contributed by atoms with van der Waals surface area (Å²) in [6, 6.07) is 0.178. The van der Waals surface area contributed by atoms with Gasteiger partial charge in [0.2, 0.25) is 0 Å². The van der Waals surface area contributed by atoms with Crippen LogP contribution in [0.25, 0.3) is 0 Å². The van der Waals surface area contributed by atoms with Gasteiger partial charge in [0.05, 0.1) is 6.61 Å². The lowest BCUT2D eigenvalue weighted by Gasteiger charge is -2.24. The highest BCUT2D eigenvalue weighted by atomic mass is 19.4. The Morgan fingerprint density at radius 1 is 1.43 bits per heavy atom. The third-order valence-electron chi connectivity index (χ3n) is 2.05. The lowest BCUT2D eigenvalue weighted by molar-refractivity contribution is -0.325. The highest BCUT2D eigenvalue weighted by Gasteiger charge is 2.28. The van der Waals surface area contributed by atoms with Gasteiger partial charge in [-0.2, -0.15) is 0 Å². The normalized spacial score (nSPS) is 14.8. The second-order valence-corrected chi connectivity index (χ2v) is 3.20. The Labute approximate surface area is 82.0 Å². The lowest BCUT2D eigenvalue weighted by atomic mass is 10.2. The van der Waals surface area contributed by atoms with E-state index < -0.39 is 6.36 Å². The number of nitrogens with two attached hydrogens (primary N) is 1. The lowest BCUT2D eigenvalue weighted by Crippen LogP contribution is -2.34. The maximum Gasteiger partial charge on any atom is 0.522 e. The van der Waals surface area contributed by atoms with Crippen LogP contribution in [0.4, 0.5) is 13.2 Å². The fourth-order valence-corrected chi connectivity index (χ4v) is 0.987. The summed E-state index contributed by atoms with van der Waals surface area (Å²) in [4.78, 5) is 1.79. The Bertz CT molecular complexity index is 152. The zero-order valence-electron chi connectivity index (χ0n) is 8.47. The van der Waals surface area contributed by atoms with Crippen molar-refractivity contribution in [3.05, 3.63) is 0 Å². The maximum absolute atomic E-state index is 11.6. The molecule has 0 spiro atoms. The SMILES string of the molecule is CC(CCN)N(C)CCOC(F)(F)F. The van der Waals surface area contributed by atoms with Gasteiger partial charge in [-0.25, -0.2) is 0 Å². The van der Waals surface area contributed by atoms with Crippen molar-refractivity contribution in [3.8, 4) is 0 Å². The topological polar surface area (TPSA) is 38.5 Å². The summed E-state index contributed by atoms with van der Waals surface area (Å²) in [5.74, 6) is 0. The summed E-state index contributed by atoms with van der Waals surface area (Å²) in [7, 11) is 1.75. The van der Waals surface area contributed by atoms with Gasteiger partial charge in [-0.05, 0) is 26.9 Å². The van der Waals surface area contributed by atoms with Crippen LogP contribution in [-0.4, -0.2) is 44.0 Å². The largest absolute Gasteiger partial charge is 0.522 e. The van der Waals surface area contributed by atoms with Crippen LogP contribution in [0.3, 0.4) is 0 Å². The molecule has 0 heterocycles. The number of nitrogens with zero attached hydrogens (tertiary/aromatic N) is 1. The number of ether oxygens (including phenoxy) is 1. The molecule has 0 aromatic rings. The first-order chi connectivity index (χ1) is 6.37. The maximum atomic E-state index is 11.6. The quantitative estimate of drug-likeness (QED) is 0.721. The zero-order chi connectivity index (χ0) is 11.2. The van der Waals surface area contributed by atoms with Crippen LogP contribution in [0.15, 0.2) is 0 Å². The first-order valence-electron chi connectivity index (χ1n) is 4.48. The average Bonchev–Trinajstić information content (AvgIpc) is 2.02. The van der Waals surface area contributed by atoms with Crippen LogP contribution in [-0.2, 0) is 4.74 Å². The van der Waals surface area contributed by atoms with E-state index in [0.29, 0.717) is 6.54 Å². The van der Waals surface area contributed by atoms with Gasteiger partial charge in [0, 0.05) is 12.6 Å². The van der Waals surface area contributed by atoms with Crippen LogP contribution in [0.2, 0.25) is 0 Å². The highest BCUT2D eigenvalue weighted by Crippen LogP contribution is 2.15. The number of alkyl halides is 3. The molecule has 0 fully saturated rings. The molecule has 0 aliphatic heterocycles. The molecule has 0 aromatic heterocycles. The van der Waals surface area contributed by atoms with Gasteiger partial charge in [-0.15, -0.1) is 13.2 Å². The fraction of sp³-hybridized carbons (Fsp3) is 1.00. The predicted molar refractivity (Wildman–Crippen MR) is 47.8 cm³/mol. The van der Waals surface area contributed by atoms with Crippen molar-refractivity contribution in [1.82, 2.24) is 4.90 Å². The number of halogens is 3. The number of likely N-dealkylation sites (N-methyl/N-ethyl adjacent to an activating group) is 1. The van der Waals surface area contributed by atoms with Crippen molar-refractivity contribution in [3.63, 3.8) is 0 Å². The molecule has 0 amide bonds. The smallest absolute Gasteiger partial charge is 0.330 e. The van der Waals surface area contributed by atoms with Crippen molar-refractivity contribution < 1.29 is 17.9 Å². The molecule has 0 radical (unpaired) electrons. The Morgan fingerprint density at radius 2 is 2.00 bits per heavy atom. The van der Waals surface area contributed by atoms with E-state index in [9.17, 15) is 13.2 Å². The van der Waals surface area contributed by atoms with Crippen molar-refractivity contribution in [1.29, 1.82) is 0 Å². The van der Waals surface area contributed by atoms with Gasteiger partial charge in [-0.3, -0.25) is 4.74 Å². The monoisotopic (exact) mass is 214 g/mol. The summed E-state index contributed by atoms with van der Waals surface area (Å²) >= 11 is 0. The van der Waals surface area contributed by atoms with Crippen LogP contribution < -0.4 is 5.73 Å².